The van der Waals surface area contributed by atoms with Crippen molar-refractivity contribution in [3.05, 3.63) is 47.7 Å². The number of nitro benzene ring substituents is 1. The van der Waals surface area contributed by atoms with Crippen molar-refractivity contribution in [2.24, 2.45) is 0 Å². The van der Waals surface area contributed by atoms with E-state index in [2.05, 4.69) is 41.8 Å². The van der Waals surface area contributed by atoms with E-state index in [9.17, 15) is 10.1 Å². The predicted octanol–water partition coefficient (Wildman–Crippen LogP) is 5.01. The van der Waals surface area contributed by atoms with Gasteiger partial charge in [-0.15, -0.1) is 0 Å². The molecule has 0 saturated heterocycles. The van der Waals surface area contributed by atoms with Gasteiger partial charge in [-0.3, -0.25) is 10.1 Å². The van der Waals surface area contributed by atoms with Crippen LogP contribution in [0.1, 0.15) is 0 Å². The molecule has 10 heteroatoms. The molecule has 0 aliphatic heterocycles. The average molecular weight is 444 g/mol. The van der Waals surface area contributed by atoms with Gasteiger partial charge in [0.05, 0.1) is 20.1 Å². The molecule has 1 heterocycles. The summed E-state index contributed by atoms with van der Waals surface area (Å²) < 4.78 is 6.23. The number of ether oxygens (including phenoxy) is 1. The molecule has 0 spiro atoms. The molecule has 0 amide bonds. The van der Waals surface area contributed by atoms with Gasteiger partial charge >= 0.3 is 0 Å². The first-order valence-electron chi connectivity index (χ1n) is 4.88. The third kappa shape index (κ3) is 3.38. The summed E-state index contributed by atoms with van der Waals surface area (Å²) in [6, 6.07) is 2.60. The number of benzene rings is 1. The number of hydrogen-bond acceptors (Lipinski definition) is 5. The summed E-state index contributed by atoms with van der Waals surface area (Å²) in [6.07, 6.45) is 1.29. The lowest BCUT2D eigenvalue weighted by molar-refractivity contribution is -0.385. The van der Waals surface area contributed by atoms with E-state index in [-0.39, 0.29) is 27.6 Å². The van der Waals surface area contributed by atoms with Crippen LogP contribution in [0.2, 0.25) is 10.3 Å². The van der Waals surface area contributed by atoms with Crippen LogP contribution in [0.25, 0.3) is 0 Å². The largest absolute Gasteiger partial charge is 0.435 e. The van der Waals surface area contributed by atoms with Gasteiger partial charge in [0.1, 0.15) is 5.02 Å². The molecule has 0 bridgehead atoms. The standard InChI is InChI=1S/C10H3Br2Cl2N3O3/c11-5-1-4(17(18)19)2-6(12)8(5)20-9-7(13)3-15-10(14)16-9/h1-3H. The SMILES string of the molecule is O=[N+]([O-])c1cc(Br)c(Oc2nc(Cl)ncc2Cl)c(Br)c1. The van der Waals surface area contributed by atoms with Gasteiger partial charge < -0.3 is 4.74 Å². The summed E-state index contributed by atoms with van der Waals surface area (Å²) in [5.41, 5.74) is -0.0945. The molecule has 0 radical (unpaired) electrons. The Labute approximate surface area is 139 Å². The van der Waals surface area contributed by atoms with Gasteiger partial charge in [0, 0.05) is 12.1 Å². The van der Waals surface area contributed by atoms with Crippen molar-refractivity contribution < 1.29 is 9.66 Å². The highest BCUT2D eigenvalue weighted by Gasteiger charge is 2.17. The fraction of sp³-hybridized carbons (Fsp3) is 0. The van der Waals surface area contributed by atoms with Crippen LogP contribution in [0.4, 0.5) is 5.69 Å². The molecule has 1 aromatic carbocycles. The van der Waals surface area contributed by atoms with Crippen LogP contribution in [-0.4, -0.2) is 14.9 Å². The van der Waals surface area contributed by atoms with Crippen LogP contribution in [-0.2, 0) is 0 Å². The van der Waals surface area contributed by atoms with E-state index >= 15 is 0 Å². The zero-order chi connectivity index (χ0) is 14.9. The van der Waals surface area contributed by atoms with Crippen LogP contribution >= 0.6 is 55.1 Å². The third-order valence-electron chi connectivity index (χ3n) is 2.08. The monoisotopic (exact) mass is 441 g/mol. The minimum atomic E-state index is -0.520. The molecule has 0 saturated carbocycles. The molecule has 2 aromatic rings. The van der Waals surface area contributed by atoms with Gasteiger partial charge in [-0.2, -0.15) is 4.98 Å². The summed E-state index contributed by atoms with van der Waals surface area (Å²) >= 11 is 17.9. The van der Waals surface area contributed by atoms with E-state index < -0.39 is 4.92 Å². The molecule has 1 aromatic heterocycles. The number of non-ortho nitro benzene ring substituents is 1. The van der Waals surface area contributed by atoms with Gasteiger partial charge in [0.2, 0.25) is 11.2 Å². The topological polar surface area (TPSA) is 78.2 Å². The second-order valence-corrected chi connectivity index (χ2v) is 5.84. The Morgan fingerprint density at radius 1 is 1.25 bits per heavy atom. The van der Waals surface area contributed by atoms with Crippen molar-refractivity contribution in [3.63, 3.8) is 0 Å². The van der Waals surface area contributed by atoms with Crippen LogP contribution in [0, 0.1) is 10.1 Å². The molecular weight excluding hydrogens is 441 g/mol. The van der Waals surface area contributed by atoms with Gasteiger partial charge in [0.15, 0.2) is 5.75 Å². The van der Waals surface area contributed by atoms with E-state index in [1.54, 1.807) is 0 Å². The molecule has 0 aliphatic rings. The Hall–Kier alpha value is -0.960. The average Bonchev–Trinajstić information content (AvgIpc) is 2.37. The molecule has 0 unspecified atom stereocenters. The molecule has 0 fully saturated rings. The maximum atomic E-state index is 10.7. The summed E-state index contributed by atoms with van der Waals surface area (Å²) in [6.45, 7) is 0. The molecule has 0 N–H and O–H groups in total. The van der Waals surface area contributed by atoms with Crippen LogP contribution in [0.5, 0.6) is 11.6 Å². The quantitative estimate of drug-likeness (QED) is 0.378. The number of hydrogen-bond donors (Lipinski definition) is 0. The molecule has 104 valence electrons. The second kappa shape index (κ2) is 6.21. The van der Waals surface area contributed by atoms with Gasteiger partial charge in [0.25, 0.3) is 5.69 Å². The van der Waals surface area contributed by atoms with E-state index in [0.29, 0.717) is 8.95 Å². The van der Waals surface area contributed by atoms with Gasteiger partial charge in [-0.25, -0.2) is 4.98 Å². The van der Waals surface area contributed by atoms with Crippen molar-refractivity contribution in [1.82, 2.24) is 9.97 Å². The second-order valence-electron chi connectivity index (χ2n) is 3.39. The highest BCUT2D eigenvalue weighted by molar-refractivity contribution is 9.11. The minimum absolute atomic E-state index is 0.0291. The van der Waals surface area contributed by atoms with E-state index in [0.717, 1.165) is 0 Å². The maximum absolute atomic E-state index is 10.7. The molecular formula is C10H3Br2Cl2N3O3. The Morgan fingerprint density at radius 2 is 1.85 bits per heavy atom. The highest BCUT2D eigenvalue weighted by atomic mass is 79.9. The third-order valence-corrected chi connectivity index (χ3v) is 3.69. The Kier molecular flexibility index (Phi) is 4.79. The lowest BCUT2D eigenvalue weighted by Gasteiger charge is -2.10. The number of aromatic nitrogens is 2. The van der Waals surface area contributed by atoms with Crippen molar-refractivity contribution in [3.8, 4) is 11.6 Å². The van der Waals surface area contributed by atoms with Gasteiger partial charge in [-0.05, 0) is 43.5 Å². The maximum Gasteiger partial charge on any atom is 0.271 e. The van der Waals surface area contributed by atoms with Crippen molar-refractivity contribution in [1.29, 1.82) is 0 Å². The molecule has 0 aliphatic carbocycles. The van der Waals surface area contributed by atoms with Crippen LogP contribution in [0.3, 0.4) is 0 Å². The Morgan fingerprint density at radius 3 is 2.40 bits per heavy atom. The molecule has 6 nitrogen and oxygen atoms in total. The normalized spacial score (nSPS) is 10.4. The fourth-order valence-electron chi connectivity index (χ4n) is 1.25. The predicted molar refractivity (Wildman–Crippen MR) is 80.6 cm³/mol. The first-order chi connectivity index (χ1) is 9.38. The van der Waals surface area contributed by atoms with Crippen molar-refractivity contribution in [2.75, 3.05) is 0 Å². The highest BCUT2D eigenvalue weighted by Crippen LogP contribution is 2.40. The lowest BCUT2D eigenvalue weighted by atomic mass is 10.3. The summed E-state index contributed by atoms with van der Waals surface area (Å²) in [5.74, 6) is 0.328. The van der Waals surface area contributed by atoms with E-state index in [4.69, 9.17) is 27.9 Å². The first kappa shape index (κ1) is 15.4. The molecule has 2 rings (SSSR count). The Balaban J connectivity index is 2.44. The van der Waals surface area contributed by atoms with Crippen LogP contribution < -0.4 is 4.74 Å². The Bertz CT molecular complexity index is 676. The smallest absolute Gasteiger partial charge is 0.271 e. The zero-order valence-electron chi connectivity index (χ0n) is 9.31. The zero-order valence-corrected chi connectivity index (χ0v) is 14.0. The first-order valence-corrected chi connectivity index (χ1v) is 7.22. The van der Waals surface area contributed by atoms with Gasteiger partial charge in [-0.1, -0.05) is 11.6 Å². The molecule has 0 atom stereocenters. The number of nitro groups is 1. The lowest BCUT2D eigenvalue weighted by Crippen LogP contribution is -1.95. The summed E-state index contributed by atoms with van der Waals surface area (Å²) in [5, 5.41) is 10.9. The van der Waals surface area contributed by atoms with Crippen molar-refractivity contribution >= 4 is 60.7 Å². The molecule has 20 heavy (non-hydrogen) atoms. The summed E-state index contributed by atoms with van der Waals surface area (Å²) in [7, 11) is 0. The van der Waals surface area contributed by atoms with E-state index in [1.165, 1.54) is 18.3 Å². The summed E-state index contributed by atoms with van der Waals surface area (Å²) in [4.78, 5) is 17.7. The number of halogens is 4. The van der Waals surface area contributed by atoms with Crippen LogP contribution in [0.15, 0.2) is 27.3 Å². The number of rotatable bonds is 3. The number of nitrogens with zero attached hydrogens (tertiary/aromatic N) is 3. The van der Waals surface area contributed by atoms with Crippen molar-refractivity contribution in [2.45, 2.75) is 0 Å². The fourth-order valence-corrected chi connectivity index (χ4v) is 2.83. The minimum Gasteiger partial charge on any atom is -0.435 e. The van der Waals surface area contributed by atoms with E-state index in [1.807, 2.05) is 0 Å².